The molecule has 2 rings (SSSR count). The fourth-order valence-corrected chi connectivity index (χ4v) is 2.38. The second-order valence-corrected chi connectivity index (χ2v) is 4.14. The Balaban J connectivity index is 2.53. The highest BCUT2D eigenvalue weighted by atomic mass is 35.5. The van der Waals surface area contributed by atoms with Crippen LogP contribution in [0.5, 0.6) is 0 Å². The van der Waals surface area contributed by atoms with E-state index in [0.29, 0.717) is 10.8 Å². The van der Waals surface area contributed by atoms with E-state index in [4.69, 9.17) is 11.6 Å². The van der Waals surface area contributed by atoms with E-state index in [9.17, 15) is 4.79 Å². The first kappa shape index (κ1) is 8.14. The van der Waals surface area contributed by atoms with E-state index in [1.165, 1.54) is 0 Å². The maximum atomic E-state index is 11.3. The summed E-state index contributed by atoms with van der Waals surface area (Å²) >= 11 is 7.45. The Bertz CT molecular complexity index is 335. The molecule has 0 aliphatic carbocycles. The van der Waals surface area contributed by atoms with Gasteiger partial charge >= 0.3 is 0 Å². The SMILES string of the molecule is O=C1CSCc2cc(Cl)ccc21. The van der Waals surface area contributed by atoms with E-state index in [0.717, 1.165) is 16.9 Å². The van der Waals surface area contributed by atoms with Crippen LogP contribution in [0.15, 0.2) is 18.2 Å². The van der Waals surface area contributed by atoms with Gasteiger partial charge < -0.3 is 0 Å². The Hall–Kier alpha value is -0.470. The van der Waals surface area contributed by atoms with E-state index in [2.05, 4.69) is 0 Å². The summed E-state index contributed by atoms with van der Waals surface area (Å²) < 4.78 is 0. The predicted octanol–water partition coefficient (Wildman–Crippen LogP) is 2.77. The molecule has 0 saturated carbocycles. The van der Waals surface area contributed by atoms with Gasteiger partial charge in [0.2, 0.25) is 0 Å². The van der Waals surface area contributed by atoms with E-state index < -0.39 is 0 Å². The van der Waals surface area contributed by atoms with Crippen LogP contribution in [-0.2, 0) is 5.75 Å². The molecule has 0 saturated heterocycles. The number of hydrogen-bond acceptors (Lipinski definition) is 2. The van der Waals surface area contributed by atoms with Gasteiger partial charge in [0.1, 0.15) is 0 Å². The molecule has 1 heterocycles. The molecular formula is C9H7ClOS. The third-order valence-corrected chi connectivity index (χ3v) is 3.07. The Morgan fingerprint density at radius 3 is 3.00 bits per heavy atom. The van der Waals surface area contributed by atoms with Crippen LogP contribution in [0.25, 0.3) is 0 Å². The molecule has 0 radical (unpaired) electrons. The van der Waals surface area contributed by atoms with Gasteiger partial charge in [0, 0.05) is 16.3 Å². The lowest BCUT2D eigenvalue weighted by Crippen LogP contribution is -2.11. The topological polar surface area (TPSA) is 17.1 Å². The number of halogens is 1. The molecule has 1 nitrogen and oxygen atoms in total. The molecule has 0 amide bonds. The molecule has 0 unspecified atom stereocenters. The van der Waals surface area contributed by atoms with E-state index in [-0.39, 0.29) is 5.78 Å². The number of benzene rings is 1. The predicted molar refractivity (Wildman–Crippen MR) is 51.9 cm³/mol. The number of carbonyl (C=O) groups excluding carboxylic acids is 1. The zero-order chi connectivity index (χ0) is 8.55. The molecule has 0 aromatic heterocycles. The molecule has 0 fully saturated rings. The van der Waals surface area contributed by atoms with Gasteiger partial charge in [0.15, 0.2) is 5.78 Å². The third-order valence-electron chi connectivity index (χ3n) is 1.86. The van der Waals surface area contributed by atoms with Crippen molar-refractivity contribution < 1.29 is 4.79 Å². The Morgan fingerprint density at radius 1 is 1.33 bits per heavy atom. The molecule has 3 heteroatoms. The van der Waals surface area contributed by atoms with Gasteiger partial charge in [-0.3, -0.25) is 4.79 Å². The number of Topliss-reactive ketones (excluding diaryl/α,β-unsaturated/α-hetero) is 1. The Labute approximate surface area is 80.1 Å². The fraction of sp³-hybridized carbons (Fsp3) is 0.222. The van der Waals surface area contributed by atoms with Crippen molar-refractivity contribution in [2.75, 3.05) is 5.75 Å². The van der Waals surface area contributed by atoms with Crippen molar-refractivity contribution in [2.24, 2.45) is 0 Å². The molecule has 12 heavy (non-hydrogen) atoms. The van der Waals surface area contributed by atoms with Crippen molar-refractivity contribution >= 4 is 29.1 Å². The minimum Gasteiger partial charge on any atom is -0.293 e. The quantitative estimate of drug-likeness (QED) is 0.638. The summed E-state index contributed by atoms with van der Waals surface area (Å²) in [6.07, 6.45) is 0. The first-order chi connectivity index (χ1) is 5.77. The molecule has 1 aromatic rings. The van der Waals surface area contributed by atoms with E-state index in [1.54, 1.807) is 17.8 Å². The first-order valence-corrected chi connectivity index (χ1v) is 5.20. The van der Waals surface area contributed by atoms with Gasteiger partial charge in [-0.05, 0) is 23.8 Å². The number of carbonyl (C=O) groups is 1. The van der Waals surface area contributed by atoms with Crippen molar-refractivity contribution in [3.63, 3.8) is 0 Å². The first-order valence-electron chi connectivity index (χ1n) is 3.67. The Morgan fingerprint density at radius 2 is 2.17 bits per heavy atom. The zero-order valence-electron chi connectivity index (χ0n) is 6.34. The van der Waals surface area contributed by atoms with Gasteiger partial charge in [0.05, 0.1) is 5.75 Å². The number of ketones is 1. The largest absolute Gasteiger partial charge is 0.293 e. The number of rotatable bonds is 0. The highest BCUT2D eigenvalue weighted by Crippen LogP contribution is 2.26. The van der Waals surface area contributed by atoms with Crippen molar-refractivity contribution in [2.45, 2.75) is 5.75 Å². The van der Waals surface area contributed by atoms with Crippen LogP contribution in [-0.4, -0.2) is 11.5 Å². The minimum atomic E-state index is 0.220. The summed E-state index contributed by atoms with van der Waals surface area (Å²) in [5.41, 5.74) is 1.92. The summed E-state index contributed by atoms with van der Waals surface area (Å²) in [6.45, 7) is 0. The monoisotopic (exact) mass is 198 g/mol. The second kappa shape index (κ2) is 3.11. The van der Waals surface area contributed by atoms with Crippen molar-refractivity contribution in [3.8, 4) is 0 Å². The maximum Gasteiger partial charge on any atom is 0.173 e. The molecule has 0 bridgehead atoms. The molecule has 1 aliphatic heterocycles. The van der Waals surface area contributed by atoms with Crippen LogP contribution in [0.4, 0.5) is 0 Å². The summed E-state index contributed by atoms with van der Waals surface area (Å²) in [6, 6.07) is 5.47. The smallest absolute Gasteiger partial charge is 0.173 e. The highest BCUT2D eigenvalue weighted by molar-refractivity contribution is 7.99. The normalized spacial score (nSPS) is 15.9. The molecule has 1 aromatic carbocycles. The van der Waals surface area contributed by atoms with Crippen LogP contribution in [0.3, 0.4) is 0 Å². The van der Waals surface area contributed by atoms with Gasteiger partial charge in [-0.15, -0.1) is 11.8 Å². The van der Waals surface area contributed by atoms with E-state index in [1.807, 2.05) is 12.1 Å². The lowest BCUT2D eigenvalue weighted by Gasteiger charge is -2.13. The number of fused-ring (bicyclic) bond motifs is 1. The molecule has 1 aliphatic rings. The van der Waals surface area contributed by atoms with Gasteiger partial charge in [-0.25, -0.2) is 0 Å². The molecular weight excluding hydrogens is 192 g/mol. The molecule has 0 atom stereocenters. The minimum absolute atomic E-state index is 0.220. The second-order valence-electron chi connectivity index (χ2n) is 2.72. The third kappa shape index (κ3) is 1.37. The summed E-state index contributed by atoms with van der Waals surface area (Å²) in [5.74, 6) is 1.73. The molecule has 0 spiro atoms. The average molecular weight is 199 g/mol. The molecule has 0 N–H and O–H groups in total. The highest BCUT2D eigenvalue weighted by Gasteiger charge is 2.16. The van der Waals surface area contributed by atoms with Crippen LogP contribution < -0.4 is 0 Å². The molecule has 62 valence electrons. The van der Waals surface area contributed by atoms with Crippen LogP contribution in [0, 0.1) is 0 Å². The maximum absolute atomic E-state index is 11.3. The Kier molecular flexibility index (Phi) is 2.11. The standard InChI is InChI=1S/C9H7ClOS/c10-7-1-2-8-6(3-7)4-12-5-9(8)11/h1-3H,4-5H2. The lowest BCUT2D eigenvalue weighted by atomic mass is 10.1. The lowest BCUT2D eigenvalue weighted by molar-refractivity contribution is 0.102. The van der Waals surface area contributed by atoms with Gasteiger partial charge in [0.25, 0.3) is 0 Å². The van der Waals surface area contributed by atoms with E-state index >= 15 is 0 Å². The van der Waals surface area contributed by atoms with Crippen LogP contribution in [0.1, 0.15) is 15.9 Å². The van der Waals surface area contributed by atoms with Crippen molar-refractivity contribution in [1.82, 2.24) is 0 Å². The van der Waals surface area contributed by atoms with Crippen LogP contribution >= 0.6 is 23.4 Å². The van der Waals surface area contributed by atoms with Gasteiger partial charge in [-0.2, -0.15) is 0 Å². The summed E-state index contributed by atoms with van der Waals surface area (Å²) in [5, 5.41) is 0.712. The van der Waals surface area contributed by atoms with Gasteiger partial charge in [-0.1, -0.05) is 11.6 Å². The fourth-order valence-electron chi connectivity index (χ4n) is 1.29. The van der Waals surface area contributed by atoms with Crippen molar-refractivity contribution in [1.29, 1.82) is 0 Å². The summed E-state index contributed by atoms with van der Waals surface area (Å²) in [4.78, 5) is 11.3. The van der Waals surface area contributed by atoms with Crippen molar-refractivity contribution in [3.05, 3.63) is 34.3 Å². The average Bonchev–Trinajstić information content (AvgIpc) is 2.04. The number of hydrogen-bond donors (Lipinski definition) is 0. The number of thioether (sulfide) groups is 1. The zero-order valence-corrected chi connectivity index (χ0v) is 7.91. The summed E-state index contributed by atoms with van der Waals surface area (Å²) in [7, 11) is 0. The van der Waals surface area contributed by atoms with Crippen LogP contribution in [0.2, 0.25) is 5.02 Å².